The minimum Gasteiger partial charge on any atom is -0.494 e. The average Bonchev–Trinajstić information content (AvgIpc) is 2.92. The van der Waals surface area contributed by atoms with Crippen molar-refractivity contribution >= 4 is 43.5 Å². The first-order chi connectivity index (χ1) is 18.2. The summed E-state index contributed by atoms with van der Waals surface area (Å²) in [7, 11) is -4.10. The minimum absolute atomic E-state index is 0.0536. The van der Waals surface area contributed by atoms with Gasteiger partial charge in [0.15, 0.2) is 0 Å². The molecule has 1 atom stereocenters. The van der Waals surface area contributed by atoms with Crippen LogP contribution in [0.3, 0.4) is 0 Å². The predicted molar refractivity (Wildman–Crippen MR) is 151 cm³/mol. The molecule has 0 aliphatic heterocycles. The Labute approximate surface area is 232 Å². The number of anilines is 1. The van der Waals surface area contributed by atoms with Crippen molar-refractivity contribution in [1.29, 1.82) is 0 Å². The van der Waals surface area contributed by atoms with Crippen LogP contribution in [0.1, 0.15) is 26.3 Å². The quantitative estimate of drug-likeness (QED) is 0.327. The van der Waals surface area contributed by atoms with Gasteiger partial charge in [-0.3, -0.25) is 13.9 Å². The van der Waals surface area contributed by atoms with E-state index < -0.39 is 28.5 Å². The van der Waals surface area contributed by atoms with Crippen molar-refractivity contribution in [2.45, 2.75) is 38.3 Å². The summed E-state index contributed by atoms with van der Waals surface area (Å²) in [4.78, 5) is 28.0. The average molecular weight is 603 g/mol. The molecule has 0 heterocycles. The van der Waals surface area contributed by atoms with Crippen LogP contribution < -0.4 is 14.4 Å². The molecule has 0 saturated carbocycles. The van der Waals surface area contributed by atoms with Gasteiger partial charge in [0.1, 0.15) is 18.3 Å². The van der Waals surface area contributed by atoms with Gasteiger partial charge in [0.2, 0.25) is 11.8 Å². The molecule has 38 heavy (non-hydrogen) atoms. The Kier molecular flexibility index (Phi) is 10.3. The normalized spacial score (nSPS) is 11.9. The van der Waals surface area contributed by atoms with Crippen molar-refractivity contribution < 1.29 is 22.7 Å². The van der Waals surface area contributed by atoms with E-state index >= 15 is 0 Å². The van der Waals surface area contributed by atoms with E-state index in [4.69, 9.17) is 4.74 Å². The molecule has 0 aliphatic rings. The van der Waals surface area contributed by atoms with E-state index in [0.29, 0.717) is 24.6 Å². The number of amides is 2. The first-order valence-electron chi connectivity index (χ1n) is 12.3. The van der Waals surface area contributed by atoms with Gasteiger partial charge in [0.05, 0.1) is 17.2 Å². The van der Waals surface area contributed by atoms with Crippen LogP contribution in [0, 0.1) is 0 Å². The summed E-state index contributed by atoms with van der Waals surface area (Å²) in [5.41, 5.74) is 1.11. The zero-order valence-corrected chi connectivity index (χ0v) is 24.0. The minimum atomic E-state index is -4.10. The summed E-state index contributed by atoms with van der Waals surface area (Å²) in [6, 6.07) is 21.0. The molecular formula is C28H32BrN3O5S. The number of carbonyl (C=O) groups excluding carboxylic acids is 2. The molecule has 2 amide bonds. The SMILES string of the molecule is CCNC(=O)C(C)N(Cc1ccc(Br)cc1)C(=O)CN(c1ccc(OCC)cc1)S(=O)(=O)c1ccccc1. The highest BCUT2D eigenvalue weighted by atomic mass is 79.9. The first kappa shape index (κ1) is 29.2. The molecule has 8 nitrogen and oxygen atoms in total. The van der Waals surface area contributed by atoms with Crippen molar-refractivity contribution in [1.82, 2.24) is 10.2 Å². The predicted octanol–water partition coefficient (Wildman–Crippen LogP) is 4.60. The van der Waals surface area contributed by atoms with E-state index in [1.807, 2.05) is 31.2 Å². The van der Waals surface area contributed by atoms with Gasteiger partial charge < -0.3 is 15.0 Å². The second kappa shape index (κ2) is 13.4. The van der Waals surface area contributed by atoms with Gasteiger partial charge in [0.25, 0.3) is 10.0 Å². The third-order valence-electron chi connectivity index (χ3n) is 5.83. The first-order valence-corrected chi connectivity index (χ1v) is 14.5. The molecule has 0 fully saturated rings. The molecule has 0 radical (unpaired) electrons. The summed E-state index contributed by atoms with van der Waals surface area (Å²) in [6.07, 6.45) is 0. The standard InChI is InChI=1S/C28H32BrN3O5S/c1-4-30-28(34)21(3)31(19-22-11-13-23(29)14-12-22)27(33)20-32(24-15-17-25(18-16-24)37-5-2)38(35,36)26-9-7-6-8-10-26/h6-18,21H,4-5,19-20H2,1-3H3,(H,30,34). The fourth-order valence-electron chi connectivity index (χ4n) is 3.81. The van der Waals surface area contributed by atoms with Crippen LogP contribution in [0.15, 0.2) is 88.2 Å². The zero-order chi connectivity index (χ0) is 27.7. The second-order valence-corrected chi connectivity index (χ2v) is 11.2. The monoisotopic (exact) mass is 601 g/mol. The molecule has 0 aliphatic carbocycles. The van der Waals surface area contributed by atoms with Crippen LogP contribution >= 0.6 is 15.9 Å². The Morgan fingerprint density at radius 3 is 2.16 bits per heavy atom. The topological polar surface area (TPSA) is 96.0 Å². The lowest BCUT2D eigenvalue weighted by atomic mass is 10.1. The van der Waals surface area contributed by atoms with Gasteiger partial charge in [-0.2, -0.15) is 0 Å². The van der Waals surface area contributed by atoms with Crippen LogP contribution in [0.25, 0.3) is 0 Å². The van der Waals surface area contributed by atoms with E-state index in [-0.39, 0.29) is 17.3 Å². The number of benzene rings is 3. The molecule has 202 valence electrons. The molecule has 10 heteroatoms. The molecule has 0 spiro atoms. The molecule has 0 bridgehead atoms. The molecule has 3 rings (SSSR count). The van der Waals surface area contributed by atoms with Crippen LogP contribution in [-0.2, 0) is 26.2 Å². The molecule has 0 aromatic heterocycles. The number of likely N-dealkylation sites (N-methyl/N-ethyl adjacent to an activating group) is 1. The fourth-order valence-corrected chi connectivity index (χ4v) is 5.51. The number of sulfonamides is 1. The summed E-state index contributed by atoms with van der Waals surface area (Å²) in [5.74, 6) is -0.252. The lowest BCUT2D eigenvalue weighted by Crippen LogP contribution is -2.51. The summed E-state index contributed by atoms with van der Waals surface area (Å²) in [6.45, 7) is 5.80. The van der Waals surface area contributed by atoms with Gasteiger partial charge in [0, 0.05) is 17.6 Å². The lowest BCUT2D eigenvalue weighted by Gasteiger charge is -2.32. The van der Waals surface area contributed by atoms with Gasteiger partial charge in [-0.25, -0.2) is 8.42 Å². The summed E-state index contributed by atoms with van der Waals surface area (Å²) < 4.78 is 34.9. The van der Waals surface area contributed by atoms with Crippen LogP contribution in [0.5, 0.6) is 5.75 Å². The Morgan fingerprint density at radius 1 is 0.947 bits per heavy atom. The Bertz CT molecular complexity index is 1320. The van der Waals surface area contributed by atoms with Crippen LogP contribution in [0.4, 0.5) is 5.69 Å². The van der Waals surface area contributed by atoms with Gasteiger partial charge in [-0.15, -0.1) is 0 Å². The molecule has 3 aromatic rings. The van der Waals surface area contributed by atoms with Crippen molar-refractivity contribution in [3.8, 4) is 5.75 Å². The van der Waals surface area contributed by atoms with E-state index in [1.54, 1.807) is 56.3 Å². The Hall–Kier alpha value is -3.37. The molecule has 3 aromatic carbocycles. The molecule has 1 unspecified atom stereocenters. The number of nitrogens with one attached hydrogen (secondary N) is 1. The number of rotatable bonds is 12. The van der Waals surface area contributed by atoms with Crippen molar-refractivity contribution in [2.24, 2.45) is 0 Å². The Morgan fingerprint density at radius 2 is 1.58 bits per heavy atom. The van der Waals surface area contributed by atoms with E-state index in [9.17, 15) is 18.0 Å². The third-order valence-corrected chi connectivity index (χ3v) is 8.15. The summed E-state index contributed by atoms with van der Waals surface area (Å²) >= 11 is 3.40. The van der Waals surface area contributed by atoms with Crippen molar-refractivity contribution in [3.63, 3.8) is 0 Å². The van der Waals surface area contributed by atoms with Crippen LogP contribution in [-0.4, -0.2) is 50.9 Å². The number of ether oxygens (including phenoxy) is 1. The Balaban J connectivity index is 2.01. The molecule has 1 N–H and O–H groups in total. The number of hydrogen-bond donors (Lipinski definition) is 1. The highest BCUT2D eigenvalue weighted by molar-refractivity contribution is 9.10. The van der Waals surface area contributed by atoms with Crippen LogP contribution in [0.2, 0.25) is 0 Å². The maximum Gasteiger partial charge on any atom is 0.264 e. The number of nitrogens with zero attached hydrogens (tertiary/aromatic N) is 2. The maximum atomic E-state index is 13.8. The molecule has 0 saturated heterocycles. The van der Waals surface area contributed by atoms with Gasteiger partial charge in [-0.1, -0.05) is 46.3 Å². The zero-order valence-electron chi connectivity index (χ0n) is 21.6. The number of halogens is 1. The van der Waals surface area contributed by atoms with Gasteiger partial charge >= 0.3 is 0 Å². The van der Waals surface area contributed by atoms with E-state index in [2.05, 4.69) is 21.2 Å². The van der Waals surface area contributed by atoms with Crippen molar-refractivity contribution in [2.75, 3.05) is 24.0 Å². The summed E-state index contributed by atoms with van der Waals surface area (Å²) in [5, 5.41) is 2.75. The van der Waals surface area contributed by atoms with Crippen molar-refractivity contribution in [3.05, 3.63) is 88.9 Å². The number of hydrogen-bond acceptors (Lipinski definition) is 5. The smallest absolute Gasteiger partial charge is 0.264 e. The largest absolute Gasteiger partial charge is 0.494 e. The maximum absolute atomic E-state index is 13.8. The highest BCUT2D eigenvalue weighted by Crippen LogP contribution is 2.26. The van der Waals surface area contributed by atoms with E-state index in [0.717, 1.165) is 14.3 Å². The fraction of sp³-hybridized carbons (Fsp3) is 0.286. The van der Waals surface area contributed by atoms with Gasteiger partial charge in [-0.05, 0) is 74.9 Å². The van der Waals surface area contributed by atoms with E-state index in [1.165, 1.54) is 17.0 Å². The third kappa shape index (κ3) is 7.35. The lowest BCUT2D eigenvalue weighted by molar-refractivity contribution is -0.139. The number of carbonyl (C=O) groups is 2. The second-order valence-electron chi connectivity index (χ2n) is 8.47. The highest BCUT2D eigenvalue weighted by Gasteiger charge is 2.32. The molecular weight excluding hydrogens is 570 g/mol.